The third-order valence-electron chi connectivity index (χ3n) is 4.01. The normalized spacial score (nSPS) is 23.8. The summed E-state index contributed by atoms with van der Waals surface area (Å²) in [6.45, 7) is 4.30. The Hall–Kier alpha value is -1.09. The van der Waals surface area contributed by atoms with Crippen LogP contribution in [0, 0.1) is 5.92 Å². The van der Waals surface area contributed by atoms with Crippen molar-refractivity contribution < 1.29 is 4.74 Å². The van der Waals surface area contributed by atoms with Gasteiger partial charge in [0.15, 0.2) is 0 Å². The molecule has 0 spiro atoms. The molecule has 0 N–H and O–H groups in total. The smallest absolute Gasteiger partial charge is 0.254 e. The number of ether oxygens (including phenoxy) is 1. The highest BCUT2D eigenvalue weighted by atomic mass is 16.5. The zero-order valence-corrected chi connectivity index (χ0v) is 12.3. The van der Waals surface area contributed by atoms with Gasteiger partial charge in [-0.25, -0.2) is 0 Å². The molecule has 0 saturated heterocycles. The maximum atomic E-state index is 12.6. The molecule has 0 unspecified atom stereocenters. The van der Waals surface area contributed by atoms with Crippen LogP contribution in [0.25, 0.3) is 0 Å². The summed E-state index contributed by atoms with van der Waals surface area (Å²) in [6.07, 6.45) is 7.45. The third kappa shape index (κ3) is 3.27. The summed E-state index contributed by atoms with van der Waals surface area (Å²) in [5.41, 5.74) is 1.10. The quantitative estimate of drug-likeness (QED) is 0.835. The maximum absolute atomic E-state index is 12.6. The van der Waals surface area contributed by atoms with Gasteiger partial charge in [0.2, 0.25) is 0 Å². The number of rotatable bonds is 4. The van der Waals surface area contributed by atoms with Crippen LogP contribution in [0.5, 0.6) is 0 Å². The highest BCUT2D eigenvalue weighted by Crippen LogP contribution is 2.29. The van der Waals surface area contributed by atoms with Gasteiger partial charge in [-0.2, -0.15) is 0 Å². The second kappa shape index (κ2) is 6.38. The van der Waals surface area contributed by atoms with Crippen LogP contribution in [0.15, 0.2) is 23.1 Å². The molecule has 1 saturated carbocycles. The number of hydrogen-bond acceptors (Lipinski definition) is 2. The van der Waals surface area contributed by atoms with Gasteiger partial charge in [-0.05, 0) is 31.2 Å². The molecule has 3 nitrogen and oxygen atoms in total. The van der Waals surface area contributed by atoms with Gasteiger partial charge >= 0.3 is 0 Å². The van der Waals surface area contributed by atoms with Crippen LogP contribution in [0.4, 0.5) is 0 Å². The molecule has 1 aliphatic carbocycles. The number of nitrogens with zero attached hydrogens (tertiary/aromatic N) is 1. The van der Waals surface area contributed by atoms with E-state index < -0.39 is 0 Å². The lowest BCUT2D eigenvalue weighted by Gasteiger charge is -2.32. The molecular formula is C16H25NO2. The Balaban J connectivity index is 2.31. The van der Waals surface area contributed by atoms with Crippen LogP contribution < -0.4 is 5.56 Å². The largest absolute Gasteiger partial charge is 0.379 e. The Morgan fingerprint density at radius 2 is 2.11 bits per heavy atom. The summed E-state index contributed by atoms with van der Waals surface area (Å²) in [7, 11) is 1.76. The Morgan fingerprint density at radius 3 is 2.79 bits per heavy atom. The second-order valence-corrected chi connectivity index (χ2v) is 5.97. The van der Waals surface area contributed by atoms with Gasteiger partial charge in [0.25, 0.3) is 5.56 Å². The van der Waals surface area contributed by atoms with Crippen molar-refractivity contribution in [3.05, 3.63) is 34.2 Å². The average Bonchev–Trinajstić information content (AvgIpc) is 2.41. The van der Waals surface area contributed by atoms with Gasteiger partial charge in [0, 0.05) is 18.9 Å². The summed E-state index contributed by atoms with van der Waals surface area (Å²) in [5, 5.41) is 0. The molecule has 1 aromatic heterocycles. The molecule has 0 amide bonds. The molecule has 0 aliphatic heterocycles. The van der Waals surface area contributed by atoms with E-state index in [2.05, 4.69) is 13.8 Å². The number of hydrogen-bond donors (Lipinski definition) is 0. The predicted molar refractivity (Wildman–Crippen MR) is 77.5 cm³/mol. The monoisotopic (exact) mass is 263 g/mol. The molecule has 3 heteroatoms. The van der Waals surface area contributed by atoms with Crippen molar-refractivity contribution in [3.63, 3.8) is 0 Å². The maximum Gasteiger partial charge on any atom is 0.254 e. The minimum absolute atomic E-state index is 0.171. The summed E-state index contributed by atoms with van der Waals surface area (Å²) >= 11 is 0. The van der Waals surface area contributed by atoms with Gasteiger partial charge in [0.05, 0.1) is 12.1 Å². The minimum Gasteiger partial charge on any atom is -0.379 e. The molecule has 2 atom stereocenters. The first-order valence-electron chi connectivity index (χ1n) is 7.36. The van der Waals surface area contributed by atoms with Crippen molar-refractivity contribution in [2.75, 3.05) is 7.11 Å². The van der Waals surface area contributed by atoms with Crippen LogP contribution >= 0.6 is 0 Å². The highest BCUT2D eigenvalue weighted by Gasteiger charge is 2.27. The van der Waals surface area contributed by atoms with Crippen molar-refractivity contribution in [2.45, 2.75) is 58.1 Å². The van der Waals surface area contributed by atoms with Gasteiger partial charge in [-0.3, -0.25) is 4.79 Å². The van der Waals surface area contributed by atoms with Crippen molar-refractivity contribution in [3.8, 4) is 0 Å². The molecule has 0 aromatic carbocycles. The van der Waals surface area contributed by atoms with E-state index in [1.807, 2.05) is 22.9 Å². The fraction of sp³-hybridized carbons (Fsp3) is 0.688. The van der Waals surface area contributed by atoms with E-state index in [0.29, 0.717) is 5.92 Å². The summed E-state index contributed by atoms with van der Waals surface area (Å²) in [5.74, 6) is 0.508. The molecule has 0 radical (unpaired) electrons. The number of pyridine rings is 1. The molecule has 1 aromatic rings. The van der Waals surface area contributed by atoms with Crippen LogP contribution in [0.2, 0.25) is 0 Å². The first-order valence-corrected chi connectivity index (χ1v) is 7.36. The third-order valence-corrected chi connectivity index (χ3v) is 4.01. The molecule has 2 rings (SSSR count). The van der Waals surface area contributed by atoms with Crippen LogP contribution in [0.1, 0.15) is 51.1 Å². The molecule has 0 bridgehead atoms. The van der Waals surface area contributed by atoms with Gasteiger partial charge in [-0.15, -0.1) is 0 Å². The molecule has 1 fully saturated rings. The first-order chi connectivity index (χ1) is 9.13. The van der Waals surface area contributed by atoms with Crippen LogP contribution in [-0.2, 0) is 11.2 Å². The van der Waals surface area contributed by atoms with Gasteiger partial charge in [-0.1, -0.05) is 32.8 Å². The zero-order valence-electron chi connectivity index (χ0n) is 12.3. The van der Waals surface area contributed by atoms with E-state index in [9.17, 15) is 4.79 Å². The fourth-order valence-corrected chi connectivity index (χ4v) is 3.08. The Labute approximate surface area is 115 Å². The lowest BCUT2D eigenvalue weighted by Crippen LogP contribution is -2.36. The predicted octanol–water partition coefficient (Wildman–Crippen LogP) is 3.18. The van der Waals surface area contributed by atoms with E-state index in [1.165, 1.54) is 12.8 Å². The minimum atomic E-state index is 0.171. The van der Waals surface area contributed by atoms with Crippen LogP contribution in [-0.4, -0.2) is 17.8 Å². The summed E-state index contributed by atoms with van der Waals surface area (Å²) in [4.78, 5) is 12.6. The van der Waals surface area contributed by atoms with E-state index in [4.69, 9.17) is 4.74 Å². The fourth-order valence-electron chi connectivity index (χ4n) is 3.08. The molecule has 1 heterocycles. The van der Waals surface area contributed by atoms with E-state index in [1.54, 1.807) is 7.11 Å². The topological polar surface area (TPSA) is 31.2 Å². The molecular weight excluding hydrogens is 238 g/mol. The number of aromatic nitrogens is 1. The van der Waals surface area contributed by atoms with Gasteiger partial charge in [0.1, 0.15) is 0 Å². The molecule has 1 aliphatic rings. The van der Waals surface area contributed by atoms with E-state index in [-0.39, 0.29) is 17.7 Å². The zero-order chi connectivity index (χ0) is 13.8. The van der Waals surface area contributed by atoms with Crippen molar-refractivity contribution in [1.82, 2.24) is 4.57 Å². The highest BCUT2D eigenvalue weighted by molar-refractivity contribution is 5.12. The summed E-state index contributed by atoms with van der Waals surface area (Å²) in [6, 6.07) is 4.17. The lowest BCUT2D eigenvalue weighted by atomic mass is 9.92. The molecule has 19 heavy (non-hydrogen) atoms. The Bertz CT molecular complexity index is 464. The van der Waals surface area contributed by atoms with Crippen molar-refractivity contribution in [2.24, 2.45) is 5.92 Å². The second-order valence-electron chi connectivity index (χ2n) is 5.97. The average molecular weight is 263 g/mol. The van der Waals surface area contributed by atoms with Crippen molar-refractivity contribution >= 4 is 0 Å². The van der Waals surface area contributed by atoms with E-state index >= 15 is 0 Å². The van der Waals surface area contributed by atoms with Gasteiger partial charge < -0.3 is 9.30 Å². The molecule has 106 valence electrons. The standard InChI is InChI=1S/C16H25NO2/c1-12(2)11-13-7-6-10-17(16(13)18)14-8-4-5-9-15(14)19-3/h6-7,10,12,14-15H,4-5,8-9,11H2,1-3H3/t14-,15+/m0/s1. The van der Waals surface area contributed by atoms with Crippen LogP contribution in [0.3, 0.4) is 0 Å². The van der Waals surface area contributed by atoms with Crippen molar-refractivity contribution in [1.29, 1.82) is 0 Å². The first kappa shape index (κ1) is 14.3. The summed E-state index contributed by atoms with van der Waals surface area (Å²) < 4.78 is 7.48. The Morgan fingerprint density at radius 1 is 1.37 bits per heavy atom. The SMILES string of the molecule is CO[C@@H]1CCCC[C@@H]1n1cccc(CC(C)C)c1=O. The van der Waals surface area contributed by atoms with E-state index in [0.717, 1.165) is 24.8 Å². The number of methoxy groups -OCH3 is 1. The lowest BCUT2D eigenvalue weighted by molar-refractivity contribution is 0.0276. The Kier molecular flexibility index (Phi) is 4.81.